The summed E-state index contributed by atoms with van der Waals surface area (Å²) in [6.07, 6.45) is 5.78. The van der Waals surface area contributed by atoms with Gasteiger partial charge in [0.25, 0.3) is 0 Å². The smallest absolute Gasteiger partial charge is 0.320 e. The number of esters is 1. The number of hydrogen-bond acceptors (Lipinski definition) is 4. The number of nitrogens with zero attached hydrogens (tertiary/aromatic N) is 2. The zero-order valence-corrected chi connectivity index (χ0v) is 12.5. The summed E-state index contributed by atoms with van der Waals surface area (Å²) in [6, 6.07) is 0. The van der Waals surface area contributed by atoms with Gasteiger partial charge in [-0.25, -0.2) is 0 Å². The van der Waals surface area contributed by atoms with Crippen molar-refractivity contribution in [3.8, 4) is 0 Å². The van der Waals surface area contributed by atoms with Crippen LogP contribution in [-0.2, 0) is 14.3 Å². The fourth-order valence-electron chi connectivity index (χ4n) is 3.12. The summed E-state index contributed by atoms with van der Waals surface area (Å²) in [4.78, 5) is 27.9. The Morgan fingerprint density at radius 2 is 1.70 bits per heavy atom. The number of amides is 1. The summed E-state index contributed by atoms with van der Waals surface area (Å²) in [6.45, 7) is 5.63. The highest BCUT2D eigenvalue weighted by Crippen LogP contribution is 2.25. The molecule has 114 valence electrons. The molecule has 5 nitrogen and oxygen atoms in total. The van der Waals surface area contributed by atoms with Crippen LogP contribution < -0.4 is 0 Å². The Bertz CT molecular complexity index is 332. The van der Waals surface area contributed by atoms with Gasteiger partial charge in [0.2, 0.25) is 5.91 Å². The van der Waals surface area contributed by atoms with E-state index in [-0.39, 0.29) is 11.9 Å². The van der Waals surface area contributed by atoms with Crippen LogP contribution in [0.3, 0.4) is 0 Å². The van der Waals surface area contributed by atoms with E-state index in [1.165, 1.54) is 19.3 Å². The van der Waals surface area contributed by atoms with E-state index in [2.05, 4.69) is 4.90 Å². The van der Waals surface area contributed by atoms with Crippen LogP contribution in [0, 0.1) is 5.92 Å². The molecule has 1 aliphatic heterocycles. The molecule has 1 saturated heterocycles. The van der Waals surface area contributed by atoms with Crippen molar-refractivity contribution in [2.75, 3.05) is 39.3 Å². The second-order valence-corrected chi connectivity index (χ2v) is 5.74. The highest BCUT2D eigenvalue weighted by atomic mass is 16.5. The summed E-state index contributed by atoms with van der Waals surface area (Å²) < 4.78 is 4.95. The Hall–Kier alpha value is -1.10. The first-order valence-corrected chi connectivity index (χ1v) is 7.87. The first-order chi connectivity index (χ1) is 9.70. The van der Waals surface area contributed by atoms with Crippen molar-refractivity contribution in [3.63, 3.8) is 0 Å². The van der Waals surface area contributed by atoms with E-state index < -0.39 is 0 Å². The Labute approximate surface area is 121 Å². The van der Waals surface area contributed by atoms with E-state index in [1.807, 2.05) is 11.8 Å². The third-order valence-corrected chi connectivity index (χ3v) is 4.30. The number of piperazine rings is 1. The predicted octanol–water partition coefficient (Wildman–Crippen LogP) is 1.27. The van der Waals surface area contributed by atoms with Crippen LogP contribution in [-0.4, -0.2) is 61.0 Å². The summed E-state index contributed by atoms with van der Waals surface area (Å²) in [5.41, 5.74) is 0. The molecule has 2 fully saturated rings. The van der Waals surface area contributed by atoms with Crippen molar-refractivity contribution in [3.05, 3.63) is 0 Å². The molecule has 2 aliphatic rings. The van der Waals surface area contributed by atoms with E-state index in [0.29, 0.717) is 19.1 Å². The summed E-state index contributed by atoms with van der Waals surface area (Å²) >= 11 is 0. The minimum atomic E-state index is -0.167. The van der Waals surface area contributed by atoms with E-state index >= 15 is 0 Å². The molecule has 0 radical (unpaired) electrons. The Morgan fingerprint density at radius 1 is 1.05 bits per heavy atom. The van der Waals surface area contributed by atoms with Crippen LogP contribution in [0.1, 0.15) is 39.0 Å². The van der Waals surface area contributed by atoms with Gasteiger partial charge in [-0.05, 0) is 19.8 Å². The van der Waals surface area contributed by atoms with Gasteiger partial charge in [-0.2, -0.15) is 0 Å². The highest BCUT2D eigenvalue weighted by molar-refractivity contribution is 5.79. The molecule has 0 spiro atoms. The van der Waals surface area contributed by atoms with Crippen LogP contribution in [0.15, 0.2) is 0 Å². The lowest BCUT2D eigenvalue weighted by atomic mass is 9.88. The zero-order valence-electron chi connectivity index (χ0n) is 12.5. The zero-order chi connectivity index (χ0) is 14.4. The van der Waals surface area contributed by atoms with Crippen LogP contribution in [0.4, 0.5) is 0 Å². The van der Waals surface area contributed by atoms with Crippen molar-refractivity contribution in [2.24, 2.45) is 5.92 Å². The number of hydrogen-bond donors (Lipinski definition) is 0. The molecule has 1 heterocycles. The Balaban J connectivity index is 1.73. The topological polar surface area (TPSA) is 49.9 Å². The summed E-state index contributed by atoms with van der Waals surface area (Å²) in [5.74, 6) is 0.417. The SMILES string of the molecule is CCOC(=O)CN1CCN(C(=O)C2CCCCC2)CC1. The quantitative estimate of drug-likeness (QED) is 0.729. The van der Waals surface area contributed by atoms with Crippen LogP contribution >= 0.6 is 0 Å². The molecular formula is C15H26N2O3. The Morgan fingerprint density at radius 3 is 2.30 bits per heavy atom. The van der Waals surface area contributed by atoms with Crippen molar-refractivity contribution >= 4 is 11.9 Å². The van der Waals surface area contributed by atoms with Gasteiger partial charge in [0.15, 0.2) is 0 Å². The van der Waals surface area contributed by atoms with Gasteiger partial charge in [-0.1, -0.05) is 19.3 Å². The van der Waals surface area contributed by atoms with Gasteiger partial charge in [0.1, 0.15) is 0 Å². The standard InChI is InChI=1S/C15H26N2O3/c1-2-20-14(18)12-16-8-10-17(11-9-16)15(19)13-6-4-3-5-7-13/h13H,2-12H2,1H3. The van der Waals surface area contributed by atoms with E-state index in [1.54, 1.807) is 0 Å². The fraction of sp³-hybridized carbons (Fsp3) is 0.867. The summed E-state index contributed by atoms with van der Waals surface area (Å²) in [7, 11) is 0. The molecule has 0 atom stereocenters. The molecular weight excluding hydrogens is 256 g/mol. The lowest BCUT2D eigenvalue weighted by Crippen LogP contribution is -2.51. The van der Waals surface area contributed by atoms with Gasteiger partial charge in [0, 0.05) is 32.1 Å². The highest BCUT2D eigenvalue weighted by Gasteiger charge is 2.28. The lowest BCUT2D eigenvalue weighted by molar-refractivity contribution is -0.145. The van der Waals surface area contributed by atoms with Gasteiger partial charge in [0.05, 0.1) is 13.2 Å². The number of rotatable bonds is 4. The maximum absolute atomic E-state index is 12.4. The maximum Gasteiger partial charge on any atom is 0.320 e. The minimum Gasteiger partial charge on any atom is -0.465 e. The van der Waals surface area contributed by atoms with Crippen LogP contribution in [0.5, 0.6) is 0 Å². The summed E-state index contributed by atoms with van der Waals surface area (Å²) in [5, 5.41) is 0. The molecule has 0 N–H and O–H groups in total. The average Bonchev–Trinajstić information content (AvgIpc) is 2.48. The lowest BCUT2D eigenvalue weighted by Gasteiger charge is -2.36. The van der Waals surface area contributed by atoms with Gasteiger partial charge in [-0.3, -0.25) is 14.5 Å². The van der Waals surface area contributed by atoms with Crippen molar-refractivity contribution in [1.82, 2.24) is 9.80 Å². The van der Waals surface area contributed by atoms with E-state index in [9.17, 15) is 9.59 Å². The van der Waals surface area contributed by atoms with Crippen LogP contribution in [0.25, 0.3) is 0 Å². The normalized spacial score (nSPS) is 21.8. The Kier molecular flexibility index (Phi) is 5.83. The maximum atomic E-state index is 12.4. The van der Waals surface area contributed by atoms with Crippen molar-refractivity contribution < 1.29 is 14.3 Å². The largest absolute Gasteiger partial charge is 0.465 e. The molecule has 20 heavy (non-hydrogen) atoms. The molecule has 0 unspecified atom stereocenters. The van der Waals surface area contributed by atoms with Crippen molar-refractivity contribution in [2.45, 2.75) is 39.0 Å². The second kappa shape index (κ2) is 7.62. The van der Waals surface area contributed by atoms with E-state index in [0.717, 1.165) is 39.0 Å². The first-order valence-electron chi connectivity index (χ1n) is 7.87. The molecule has 2 rings (SSSR count). The van der Waals surface area contributed by atoms with Gasteiger partial charge in [-0.15, -0.1) is 0 Å². The molecule has 1 aliphatic carbocycles. The third kappa shape index (κ3) is 4.20. The molecule has 0 aromatic carbocycles. The van der Waals surface area contributed by atoms with Gasteiger partial charge >= 0.3 is 5.97 Å². The van der Waals surface area contributed by atoms with Crippen molar-refractivity contribution in [1.29, 1.82) is 0 Å². The van der Waals surface area contributed by atoms with Crippen LogP contribution in [0.2, 0.25) is 0 Å². The van der Waals surface area contributed by atoms with Gasteiger partial charge < -0.3 is 9.64 Å². The molecule has 0 aromatic heterocycles. The molecule has 0 bridgehead atoms. The second-order valence-electron chi connectivity index (χ2n) is 5.74. The molecule has 5 heteroatoms. The number of carbonyl (C=O) groups is 2. The fourth-order valence-corrected chi connectivity index (χ4v) is 3.12. The molecule has 1 saturated carbocycles. The predicted molar refractivity (Wildman–Crippen MR) is 76.2 cm³/mol. The molecule has 0 aromatic rings. The number of ether oxygens (including phenoxy) is 1. The number of carbonyl (C=O) groups excluding carboxylic acids is 2. The minimum absolute atomic E-state index is 0.167. The third-order valence-electron chi connectivity index (χ3n) is 4.30. The molecule has 1 amide bonds. The van der Waals surface area contributed by atoms with E-state index in [4.69, 9.17) is 4.74 Å². The first kappa shape index (κ1) is 15.3. The monoisotopic (exact) mass is 282 g/mol. The average molecular weight is 282 g/mol.